The smallest absolute Gasteiger partial charge is 0.315 e. The lowest BCUT2D eigenvalue weighted by Gasteiger charge is -2.33. The summed E-state index contributed by atoms with van der Waals surface area (Å²) in [5.74, 6) is 0.471. The molecule has 3 amide bonds. The first-order chi connectivity index (χ1) is 15.1. The third-order valence-corrected chi connectivity index (χ3v) is 6.80. The number of hydrogen-bond acceptors (Lipinski definition) is 7. The lowest BCUT2D eigenvalue weighted by molar-refractivity contribution is 0.0656. The number of rotatable bonds is 3. The predicted octanol–water partition coefficient (Wildman–Crippen LogP) is 3.21. The van der Waals surface area contributed by atoms with Crippen LogP contribution in [-0.2, 0) is 0 Å². The van der Waals surface area contributed by atoms with E-state index in [1.807, 2.05) is 23.1 Å². The zero-order valence-corrected chi connectivity index (χ0v) is 17.0. The van der Waals surface area contributed by atoms with Gasteiger partial charge in [0.1, 0.15) is 17.6 Å². The molecule has 2 bridgehead atoms. The highest BCUT2D eigenvalue weighted by Crippen LogP contribution is 2.35. The summed E-state index contributed by atoms with van der Waals surface area (Å²) in [5.41, 5.74) is 7.12. The average molecular weight is 435 g/mol. The van der Waals surface area contributed by atoms with Crippen LogP contribution in [0.2, 0.25) is 0 Å². The minimum absolute atomic E-state index is 0.00656. The molecule has 0 aliphatic carbocycles. The lowest BCUT2D eigenvalue weighted by atomic mass is 10.1. The first kappa shape index (κ1) is 18.1. The number of fused-ring (bicyclic) bond motifs is 4. The van der Waals surface area contributed by atoms with Crippen molar-refractivity contribution in [2.45, 2.75) is 18.5 Å². The number of ether oxygens (including phenoxy) is 1. The van der Waals surface area contributed by atoms with Gasteiger partial charge in [0.25, 0.3) is 11.1 Å². The van der Waals surface area contributed by atoms with Gasteiger partial charge in [-0.25, -0.2) is 9.78 Å². The van der Waals surface area contributed by atoms with Crippen molar-refractivity contribution in [1.29, 1.82) is 0 Å². The number of nitrogens with zero attached hydrogens (tertiary/aromatic N) is 4. The van der Waals surface area contributed by atoms with Crippen LogP contribution in [0.15, 0.2) is 47.2 Å². The van der Waals surface area contributed by atoms with E-state index in [0.717, 1.165) is 16.5 Å². The normalized spacial score (nSPS) is 20.1. The molecular weight excluding hydrogens is 418 g/mol. The van der Waals surface area contributed by atoms with Crippen molar-refractivity contribution in [3.63, 3.8) is 0 Å². The summed E-state index contributed by atoms with van der Waals surface area (Å²) < 4.78 is 12.5. The van der Waals surface area contributed by atoms with Crippen molar-refractivity contribution in [1.82, 2.24) is 19.8 Å². The molecule has 156 valence electrons. The maximum absolute atomic E-state index is 13.1. The van der Waals surface area contributed by atoms with Crippen LogP contribution in [0.4, 0.5) is 4.79 Å². The molecule has 0 saturated carbocycles. The van der Waals surface area contributed by atoms with Crippen molar-refractivity contribution in [2.75, 3.05) is 13.1 Å². The average Bonchev–Trinajstić information content (AvgIpc) is 3.53. The quantitative estimate of drug-likeness (QED) is 0.528. The monoisotopic (exact) mass is 435 g/mol. The van der Waals surface area contributed by atoms with Gasteiger partial charge in [-0.15, -0.1) is 0 Å². The van der Waals surface area contributed by atoms with Gasteiger partial charge >= 0.3 is 6.03 Å². The zero-order chi connectivity index (χ0) is 21.1. The minimum atomic E-state index is -0.426. The molecule has 10 heteroatoms. The Morgan fingerprint density at radius 1 is 1.19 bits per heavy atom. The highest BCUT2D eigenvalue weighted by Gasteiger charge is 2.47. The van der Waals surface area contributed by atoms with Gasteiger partial charge in [0.05, 0.1) is 22.3 Å². The Morgan fingerprint density at radius 2 is 2.03 bits per heavy atom. The summed E-state index contributed by atoms with van der Waals surface area (Å²) in [7, 11) is 0. The van der Waals surface area contributed by atoms with E-state index in [1.165, 1.54) is 17.6 Å². The molecule has 2 N–H and O–H groups in total. The second-order valence-corrected chi connectivity index (χ2v) is 8.70. The molecule has 2 aliphatic rings. The number of amides is 3. The van der Waals surface area contributed by atoms with Crippen LogP contribution >= 0.6 is 11.3 Å². The fraction of sp³-hybridized carbons (Fsp3) is 0.238. The second kappa shape index (κ2) is 6.67. The van der Waals surface area contributed by atoms with Crippen LogP contribution in [0.1, 0.15) is 16.8 Å². The SMILES string of the molecule is NC(=O)N1C[C@@H]2C[C@H]1CN2C(=O)c1coc2cc(Oc3nc4ncccc4s3)ccc12. The number of piperazine rings is 1. The Labute approximate surface area is 180 Å². The van der Waals surface area contributed by atoms with Crippen LogP contribution in [0, 0.1) is 0 Å². The Morgan fingerprint density at radius 3 is 2.81 bits per heavy atom. The number of benzene rings is 1. The van der Waals surface area contributed by atoms with E-state index in [4.69, 9.17) is 14.9 Å². The Kier molecular flexibility index (Phi) is 3.90. The summed E-state index contributed by atoms with van der Waals surface area (Å²) in [6.07, 6.45) is 3.94. The fourth-order valence-electron chi connectivity index (χ4n) is 4.47. The number of primary amides is 1. The molecule has 2 saturated heterocycles. The number of hydrogen-bond donors (Lipinski definition) is 1. The maximum Gasteiger partial charge on any atom is 0.315 e. The molecule has 2 aliphatic heterocycles. The van der Waals surface area contributed by atoms with Gasteiger partial charge in [0, 0.05) is 30.7 Å². The van der Waals surface area contributed by atoms with Gasteiger partial charge in [0.2, 0.25) is 0 Å². The second-order valence-electron chi connectivity index (χ2n) is 7.71. The summed E-state index contributed by atoms with van der Waals surface area (Å²) in [4.78, 5) is 36.7. The standard InChI is InChI=1S/C21H17N5O4S/c22-20(28)26-9-11-6-12(26)8-25(11)19(27)15-10-29-16-7-13(3-4-14(15)16)30-21-24-18-17(31-21)2-1-5-23-18/h1-5,7,10-12H,6,8-9H2,(H2,22,28)/t11-,12-/m0/s1. The van der Waals surface area contributed by atoms with Crippen LogP contribution in [-0.4, -0.2) is 56.9 Å². The molecule has 6 rings (SSSR count). The van der Waals surface area contributed by atoms with Crippen molar-refractivity contribution >= 4 is 44.6 Å². The summed E-state index contributed by atoms with van der Waals surface area (Å²) >= 11 is 1.41. The molecule has 2 fully saturated rings. The van der Waals surface area contributed by atoms with Gasteiger partial charge in [-0.05, 0) is 30.7 Å². The molecule has 0 spiro atoms. The summed E-state index contributed by atoms with van der Waals surface area (Å²) in [6.45, 7) is 0.975. The molecule has 1 aromatic carbocycles. The number of carbonyl (C=O) groups is 2. The molecule has 0 radical (unpaired) electrons. The van der Waals surface area contributed by atoms with Crippen LogP contribution < -0.4 is 10.5 Å². The van der Waals surface area contributed by atoms with E-state index < -0.39 is 6.03 Å². The van der Waals surface area contributed by atoms with Crippen LogP contribution in [0.3, 0.4) is 0 Å². The summed E-state index contributed by atoms with van der Waals surface area (Å²) in [5, 5.41) is 1.21. The van der Waals surface area contributed by atoms with Crippen molar-refractivity contribution in [3.8, 4) is 10.9 Å². The number of nitrogens with two attached hydrogens (primary N) is 1. The van der Waals surface area contributed by atoms with E-state index in [9.17, 15) is 9.59 Å². The number of furan rings is 1. The van der Waals surface area contributed by atoms with Gasteiger partial charge in [0.15, 0.2) is 5.65 Å². The minimum Gasteiger partial charge on any atom is -0.463 e. The van der Waals surface area contributed by atoms with E-state index in [1.54, 1.807) is 23.2 Å². The first-order valence-corrected chi connectivity index (χ1v) is 10.7. The zero-order valence-electron chi connectivity index (χ0n) is 16.2. The first-order valence-electron chi connectivity index (χ1n) is 9.84. The van der Waals surface area contributed by atoms with Crippen LogP contribution in [0.5, 0.6) is 10.9 Å². The van der Waals surface area contributed by atoms with Gasteiger partial charge in [-0.1, -0.05) is 11.3 Å². The molecule has 4 aromatic rings. The molecule has 0 unspecified atom stereocenters. The molecule has 5 heterocycles. The Bertz CT molecular complexity index is 1320. The Balaban J connectivity index is 1.24. The van der Waals surface area contributed by atoms with Crippen molar-refractivity contribution in [3.05, 3.63) is 48.4 Å². The van der Waals surface area contributed by atoms with E-state index in [0.29, 0.717) is 40.8 Å². The molecular formula is C21H17N5O4S. The van der Waals surface area contributed by atoms with E-state index in [-0.39, 0.29) is 18.0 Å². The highest BCUT2D eigenvalue weighted by molar-refractivity contribution is 7.20. The molecule has 9 nitrogen and oxygen atoms in total. The van der Waals surface area contributed by atoms with Gasteiger partial charge in [-0.2, -0.15) is 4.98 Å². The molecule has 2 atom stereocenters. The highest BCUT2D eigenvalue weighted by atomic mass is 32.1. The number of thiazole rings is 1. The third-order valence-electron chi connectivity index (χ3n) is 5.91. The topological polar surface area (TPSA) is 115 Å². The number of carbonyl (C=O) groups excluding carboxylic acids is 2. The summed E-state index contributed by atoms with van der Waals surface area (Å²) in [6, 6.07) is 8.71. The number of urea groups is 1. The van der Waals surface area contributed by atoms with Crippen molar-refractivity contribution in [2.24, 2.45) is 5.73 Å². The fourth-order valence-corrected chi connectivity index (χ4v) is 5.27. The third kappa shape index (κ3) is 2.90. The number of aromatic nitrogens is 2. The van der Waals surface area contributed by atoms with E-state index in [2.05, 4.69) is 9.97 Å². The lowest BCUT2D eigenvalue weighted by Crippen LogP contribution is -2.52. The number of pyridine rings is 1. The number of likely N-dealkylation sites (tertiary alicyclic amines) is 2. The Hall–Kier alpha value is -3.66. The van der Waals surface area contributed by atoms with Crippen LogP contribution in [0.25, 0.3) is 21.3 Å². The molecule has 31 heavy (non-hydrogen) atoms. The van der Waals surface area contributed by atoms with Crippen molar-refractivity contribution < 1.29 is 18.7 Å². The van der Waals surface area contributed by atoms with E-state index >= 15 is 0 Å². The van der Waals surface area contributed by atoms with Gasteiger partial charge < -0.3 is 24.7 Å². The molecule has 3 aromatic heterocycles. The predicted molar refractivity (Wildman–Crippen MR) is 113 cm³/mol. The largest absolute Gasteiger partial charge is 0.463 e. The maximum atomic E-state index is 13.1. The van der Waals surface area contributed by atoms with Gasteiger partial charge in [-0.3, -0.25) is 4.79 Å².